The Morgan fingerprint density at radius 1 is 0.462 bits per heavy atom. The largest absolute Gasteiger partial charge is 0.0622 e. The summed E-state index contributed by atoms with van der Waals surface area (Å²) in [6, 6.07) is 46.8. The molecular weight excluding hydrogens is 1860 g/mol. The van der Waals surface area contributed by atoms with E-state index >= 15 is 0 Å². The van der Waals surface area contributed by atoms with Gasteiger partial charge in [0.15, 0.2) is 28.4 Å². The first kappa shape index (κ1) is 99.5. The Labute approximate surface area is 788 Å². The average molecular weight is 1980 g/mol. The van der Waals surface area contributed by atoms with E-state index in [0.29, 0.717) is 101 Å². The van der Waals surface area contributed by atoms with Gasteiger partial charge >= 0.3 is 35.8 Å². The monoisotopic (exact) mass is 1980 g/mol. The number of nitrogens with zero attached hydrogens (tertiary/aromatic N) is 1. The van der Waals surface area contributed by atoms with Gasteiger partial charge in [-0.1, -0.05) is 172 Å². The van der Waals surface area contributed by atoms with Crippen LogP contribution in [0.5, 0.6) is 0 Å². The number of piperidine rings is 3. The van der Waals surface area contributed by atoms with Crippen molar-refractivity contribution >= 4 is 114 Å². The van der Waals surface area contributed by atoms with Gasteiger partial charge < -0.3 is 40.5 Å². The van der Waals surface area contributed by atoms with Crippen molar-refractivity contribution in [3.63, 3.8) is 0 Å². The van der Waals surface area contributed by atoms with E-state index in [1.807, 2.05) is 18.2 Å². The third-order valence-electron chi connectivity index (χ3n) is 35.2. The van der Waals surface area contributed by atoms with Crippen molar-refractivity contribution in [3.8, 4) is 0 Å². The molecule has 0 radical (unpaired) electrons. The number of hydrogen-bond acceptors (Lipinski definition) is 15. The molecule has 4 heterocycles. The number of carbonyl (C=O) groups excluding carboxylic acids is 5. The Balaban J connectivity index is 0.000000131. The summed E-state index contributed by atoms with van der Waals surface area (Å²) in [5, 5.41) is 28.1. The van der Waals surface area contributed by atoms with Crippen LogP contribution in [0.4, 0.5) is 42.1 Å². The molecule has 6 aromatic rings. The van der Waals surface area contributed by atoms with Crippen LogP contribution in [-0.4, -0.2) is 80.9 Å². The molecule has 4 amide bonds. The van der Waals surface area contributed by atoms with E-state index in [1.165, 1.54) is 116 Å². The predicted octanol–water partition coefficient (Wildman–Crippen LogP) is 21.6. The summed E-state index contributed by atoms with van der Waals surface area (Å²) < 4.78 is 110. The summed E-state index contributed by atoms with van der Waals surface area (Å²) in [6.07, 6.45) is 34.7. The number of rotatable bonds is 9. The molecule has 709 valence electrons. The summed E-state index contributed by atoms with van der Waals surface area (Å²) >= 11 is 3.06. The van der Waals surface area contributed by atoms with Crippen molar-refractivity contribution in [2.75, 3.05) is 23.6 Å². The van der Waals surface area contributed by atoms with Crippen LogP contribution in [0.15, 0.2) is 157 Å². The van der Waals surface area contributed by atoms with Crippen molar-refractivity contribution in [3.05, 3.63) is 175 Å². The number of nitrogens with two attached hydrogens (primary N) is 1. The van der Waals surface area contributed by atoms with Crippen molar-refractivity contribution in [1.82, 2.24) is 20.9 Å². The smallest absolute Gasteiger partial charge is 0.0134 e. The van der Waals surface area contributed by atoms with Gasteiger partial charge in [-0.3, -0.25) is 28.8 Å². The fourth-order valence-electron chi connectivity index (χ4n) is 28.8. The van der Waals surface area contributed by atoms with Crippen LogP contribution in [0.1, 0.15) is 215 Å². The van der Waals surface area contributed by atoms with Crippen LogP contribution in [0.25, 0.3) is 0 Å². The number of benzene rings is 5. The molecule has 12 aliphatic carbocycles. The van der Waals surface area contributed by atoms with Gasteiger partial charge in [0.2, 0.25) is 23.6 Å². The zero-order chi connectivity index (χ0) is 93.5. The van der Waals surface area contributed by atoms with Crippen molar-refractivity contribution in [2.24, 2.45) is 120 Å². The minimum Gasteiger partial charge on any atom is -0.0622 e. The standard InChI is InChI=1S/C27H34F2N2O2.C26H34N2O2S.C21H31NO3.C18H15P.C6H5F2N.C2H6S2.CF3O2S.Ag.O/c1-25-10-8-17-15(14-27(12-13-27)24-26(17,2)11-9-21(32)31-24)16(25)6-7-18(25)23(33)30-20-5-3-4-19(28)22(20)29;1-24-10-8-18-16(15-26(12-13-26)23-25(18,2)11-9-20(29)28-23)17(24)6-7-19(24)22(30)31-21-5-3-4-14-27-21;1-19-7-5-14-12(13(19)3-4-15(19)17(24)25)11-21(9-10-21)18-20(14,2)8-6-16(23)22-18;1-4-10-16(11-5-1)19(17-12-6-2-7-13-17)18-14-8-3-9-15-18;7-4-2-1-3-5(9)6(4)8;1-3-4-2;2-1(3,4)7(5)6;;/h3-5,15-18,24H,6-14H2,1-2H3,(H,30,33)(H,31,32);3-5,14,16-19,23H,6-13,15H2,1-2H3,(H,28,29);12-15,18H,3-11H2,1-2H3,(H,22,23)(H,24,25);1-15H;1-3H,9H2;1-2H3;;;/q;;;;;;-1;;/t15?,16?,17?,18-,24?,25+,26-;16?,17?,18?,19-,23?,24+,25-;12?,13?,14?,15-,18?,19+,20-;;;;;;/m111....../s1. The summed E-state index contributed by atoms with van der Waals surface area (Å²) in [7, 11) is -0.833. The Kier molecular flexibility index (Phi) is 30.7. The van der Waals surface area contributed by atoms with Gasteiger partial charge in [-0.25, -0.2) is 22.5 Å². The molecule has 29 heteroatoms. The maximum absolute atomic E-state index is 14.2. The van der Waals surface area contributed by atoms with Gasteiger partial charge in [-0.05, 0) is 341 Å². The first-order valence-corrected chi connectivity index (χ1v) is 53.2. The van der Waals surface area contributed by atoms with Crippen molar-refractivity contribution < 1.29 is 97.3 Å². The first-order chi connectivity index (χ1) is 61.9. The Morgan fingerprint density at radius 2 is 0.808 bits per heavy atom. The van der Waals surface area contributed by atoms with E-state index in [9.17, 15) is 64.6 Å². The Hall–Kier alpha value is -6.45. The number of pyridine rings is 1. The number of anilines is 2. The molecule has 15 aliphatic rings. The Bertz CT molecular complexity index is 5030. The second-order valence-corrected chi connectivity index (χ2v) is 48.2. The van der Waals surface area contributed by atoms with Crippen molar-refractivity contribution in [1.29, 1.82) is 0 Å². The van der Waals surface area contributed by atoms with E-state index in [-0.39, 0.29) is 90.7 Å². The molecule has 1 aromatic heterocycles. The number of aromatic nitrogens is 1. The van der Waals surface area contributed by atoms with E-state index in [1.54, 1.807) is 48.8 Å². The zero-order valence-electron chi connectivity index (χ0n) is 75.4. The molecule has 12 saturated carbocycles. The summed E-state index contributed by atoms with van der Waals surface area (Å²) in [6.45, 7) is 14.3. The molecule has 21 atom stereocenters. The maximum Gasteiger partial charge on any atom is -0.0134 e. The zero-order valence-corrected chi connectivity index (χ0v) is 81.0. The number of amides is 4. The molecule has 3 saturated heterocycles. The number of alkyl halides is 3. The van der Waals surface area contributed by atoms with Gasteiger partial charge in [0.05, 0.1) is 17.3 Å². The van der Waals surface area contributed by atoms with Gasteiger partial charge in [-0.2, -0.15) is 13.2 Å². The number of halogens is 7. The molecular formula is C101H125AgF7N6O10PS4-. The SMILES string of the molecule is CSSC.C[C@]12CCC(=O)NC1C1(CC1)CC1C2CC[C@@]2(C)C1CC[C@@H]2C(=O)Nc1cccc(F)c1F.C[C@]12CCC(=O)NC1C1(CC1)CC1C2CC[C@@]2(C)C1CC[C@@H]2C(=O)O.C[C@]12CCC(=O)NC1C1(CC1)CC1C2CC[C@@]2(C)C1CC[C@@H]2C(=O)Sc1ccccn1.Nc1cccc(F)c1F.O=[S-](=O)C(F)(F)F.[O]=[Ag].c1ccc(P(c2ccccc2)c2ccccc2)cc1. The number of nitrogen functional groups attached to an aromatic ring is 1. The second-order valence-electron chi connectivity index (χ2n) is 41.4. The van der Waals surface area contributed by atoms with Gasteiger partial charge in [-0.15, -0.1) is 0 Å². The molecule has 12 unspecified atom stereocenters. The van der Waals surface area contributed by atoms with E-state index in [2.05, 4.69) is 171 Å². The van der Waals surface area contributed by atoms with Gasteiger partial charge in [0.1, 0.15) is 5.03 Å². The number of thioether (sulfide) groups is 1. The molecule has 21 rings (SSSR count). The van der Waals surface area contributed by atoms with Crippen molar-refractivity contribution in [2.45, 2.75) is 244 Å². The average Bonchev–Trinajstić information content (AvgIpc) is 1.52. The first-order valence-electron chi connectivity index (χ1n) is 46.3. The van der Waals surface area contributed by atoms with Crippen LogP contribution in [0.2, 0.25) is 0 Å². The fourth-order valence-corrected chi connectivity index (χ4v) is 32.1. The van der Waals surface area contributed by atoms with E-state index in [4.69, 9.17) is 17.4 Å². The second kappa shape index (κ2) is 40.1. The molecule has 0 bridgehead atoms. The third kappa shape index (κ3) is 19.7. The predicted molar refractivity (Wildman–Crippen MR) is 494 cm³/mol. The topological polar surface area (TPSA) is 261 Å². The molecule has 7 N–H and O–H groups in total. The van der Waals surface area contributed by atoms with Crippen LogP contribution in [-0.2, 0) is 72.2 Å². The molecule has 3 spiro atoms. The maximum atomic E-state index is 14.2. The van der Waals surface area contributed by atoms with Crippen LogP contribution in [0.3, 0.4) is 0 Å². The number of nitrogens with one attached hydrogen (secondary N) is 4. The minimum absolute atomic E-state index is 0.00973. The number of carboxylic acids is 1. The number of carboxylic acid groups (broad SMARTS) is 1. The molecule has 3 aliphatic heterocycles. The van der Waals surface area contributed by atoms with Gasteiger partial charge in [0, 0.05) is 66.1 Å². The van der Waals surface area contributed by atoms with E-state index < -0.39 is 53.4 Å². The Morgan fingerprint density at radius 3 is 1.15 bits per heavy atom. The number of fused-ring (bicyclic) bond motifs is 18. The molecule has 16 nitrogen and oxygen atoms in total. The fraction of sp³-hybridized carbons (Fsp3) is 0.594. The van der Waals surface area contributed by atoms with Gasteiger partial charge in [0.25, 0.3) is 0 Å². The quantitative estimate of drug-likeness (QED) is 0.0150. The van der Waals surface area contributed by atoms with Crippen LogP contribution in [0, 0.1) is 143 Å². The number of aliphatic carboxylic acids is 1. The van der Waals surface area contributed by atoms with E-state index in [0.717, 1.165) is 113 Å². The number of carbonyl (C=O) groups is 6. The third-order valence-corrected chi connectivity index (χ3v) is 40.3. The summed E-state index contributed by atoms with van der Waals surface area (Å²) in [5.74, 6) is 1.58. The van der Waals surface area contributed by atoms with Crippen LogP contribution >= 0.6 is 41.3 Å². The summed E-state index contributed by atoms with van der Waals surface area (Å²) in [4.78, 5) is 79.6. The number of hydrogen-bond donors (Lipinski definition) is 6. The normalized spacial score (nSPS) is 34.8. The molecule has 15 fully saturated rings. The minimum atomic E-state index is -5.08. The van der Waals surface area contributed by atoms with Crippen LogP contribution < -0.4 is 42.9 Å². The molecule has 5 aromatic carbocycles. The summed E-state index contributed by atoms with van der Waals surface area (Å²) in [5.41, 5.74) is 1.20. The molecule has 130 heavy (non-hydrogen) atoms.